The van der Waals surface area contributed by atoms with Crippen molar-refractivity contribution in [1.82, 2.24) is 9.55 Å². The number of benzene rings is 1. The van der Waals surface area contributed by atoms with E-state index in [1.165, 1.54) is 18.7 Å². The Morgan fingerprint density at radius 2 is 2.06 bits per heavy atom. The van der Waals surface area contributed by atoms with Crippen molar-refractivity contribution in [1.29, 1.82) is 0 Å². The molecule has 3 aromatic rings. The van der Waals surface area contributed by atoms with E-state index in [-0.39, 0.29) is 23.5 Å². The number of aliphatic hydroxyl groups is 1. The van der Waals surface area contributed by atoms with Crippen molar-refractivity contribution >= 4 is 42.7 Å². The molecule has 0 bridgehead atoms. The van der Waals surface area contributed by atoms with Crippen LogP contribution in [0.25, 0.3) is 22.3 Å². The highest BCUT2D eigenvalue weighted by Gasteiger charge is 2.49. The van der Waals surface area contributed by atoms with Gasteiger partial charge in [-0.2, -0.15) is 0 Å². The molecule has 1 N–H and O–H groups in total. The van der Waals surface area contributed by atoms with E-state index in [4.69, 9.17) is 14.5 Å². The first kappa shape index (κ1) is 24.7. The quantitative estimate of drug-likeness (QED) is 0.301. The van der Waals surface area contributed by atoms with Gasteiger partial charge in [-0.15, -0.1) is 11.8 Å². The average molecular weight is 525 g/mol. The third-order valence-electron chi connectivity index (χ3n) is 6.75. The van der Waals surface area contributed by atoms with E-state index >= 15 is 0 Å². The summed E-state index contributed by atoms with van der Waals surface area (Å²) in [7, 11) is -2.01. The van der Waals surface area contributed by atoms with Gasteiger partial charge in [0.2, 0.25) is 0 Å². The first-order valence-corrected chi connectivity index (χ1v) is 16.4. The molecule has 5 rings (SSSR count). The normalized spacial score (nSPS) is 20.5. The lowest BCUT2D eigenvalue weighted by Crippen LogP contribution is -2.46. The summed E-state index contributed by atoms with van der Waals surface area (Å²) in [4.78, 5) is 43.0. The summed E-state index contributed by atoms with van der Waals surface area (Å²) >= 11 is 1.35. The van der Waals surface area contributed by atoms with Gasteiger partial charge < -0.3 is 19.1 Å². The van der Waals surface area contributed by atoms with Gasteiger partial charge in [0.25, 0.3) is 5.56 Å². The highest BCUT2D eigenvalue weighted by molar-refractivity contribution is 8.01. The molecule has 0 spiro atoms. The number of fused-ring (bicyclic) bond motifs is 5. The molecule has 0 fully saturated rings. The number of rotatable bonds is 6. The van der Waals surface area contributed by atoms with Crippen molar-refractivity contribution in [3.63, 3.8) is 0 Å². The molecule has 0 saturated carbocycles. The maximum absolute atomic E-state index is 13.9. The van der Waals surface area contributed by atoms with Gasteiger partial charge in [-0.25, -0.2) is 9.78 Å². The molecule has 188 valence electrons. The Kier molecular flexibility index (Phi) is 6.09. The second kappa shape index (κ2) is 8.86. The highest BCUT2D eigenvalue weighted by Crippen LogP contribution is 2.45. The fourth-order valence-electron chi connectivity index (χ4n) is 4.71. The van der Waals surface area contributed by atoms with Gasteiger partial charge in [0.1, 0.15) is 8.07 Å². The lowest BCUT2D eigenvalue weighted by atomic mass is 9.86. The Hall–Kier alpha value is -2.95. The first-order valence-electron chi connectivity index (χ1n) is 11.9. The van der Waals surface area contributed by atoms with Crippen molar-refractivity contribution < 1.29 is 24.2 Å². The van der Waals surface area contributed by atoms with Crippen LogP contribution in [0, 0.1) is 0 Å². The minimum Gasteiger partial charge on any atom is -0.470 e. The zero-order valence-electron chi connectivity index (χ0n) is 20.7. The summed E-state index contributed by atoms with van der Waals surface area (Å²) in [6, 6.07) is 11.5. The summed E-state index contributed by atoms with van der Waals surface area (Å²) < 4.78 is 12.6. The van der Waals surface area contributed by atoms with Crippen molar-refractivity contribution in [2.45, 2.75) is 50.9 Å². The smallest absolute Gasteiger partial charge is 0.344 e. The zero-order valence-corrected chi connectivity index (χ0v) is 22.5. The molecule has 0 aliphatic carbocycles. The number of nitrogens with zero attached hydrogens (tertiary/aromatic N) is 2. The van der Waals surface area contributed by atoms with Crippen LogP contribution >= 0.6 is 11.8 Å². The van der Waals surface area contributed by atoms with E-state index in [0.717, 1.165) is 16.5 Å². The van der Waals surface area contributed by atoms with Crippen molar-refractivity contribution in [3.8, 4) is 11.4 Å². The lowest BCUT2D eigenvalue weighted by Gasteiger charge is -2.36. The van der Waals surface area contributed by atoms with Crippen LogP contribution in [0.3, 0.4) is 0 Å². The number of thioether (sulfide) groups is 1. The van der Waals surface area contributed by atoms with Gasteiger partial charge in [0.15, 0.2) is 11.0 Å². The van der Waals surface area contributed by atoms with Crippen LogP contribution in [-0.2, 0) is 31.2 Å². The number of aromatic nitrogens is 2. The minimum atomic E-state index is -2.01. The molecule has 2 aliphatic rings. The van der Waals surface area contributed by atoms with Crippen molar-refractivity contribution in [2.75, 3.05) is 11.6 Å². The number of esters is 2. The molecule has 8 nitrogen and oxygen atoms in total. The lowest BCUT2D eigenvalue weighted by molar-refractivity contribution is -0.172. The Balaban J connectivity index is 1.59. The van der Waals surface area contributed by atoms with Gasteiger partial charge in [-0.05, 0) is 30.0 Å². The largest absolute Gasteiger partial charge is 0.470 e. The van der Waals surface area contributed by atoms with Crippen LogP contribution in [0.1, 0.15) is 42.4 Å². The van der Waals surface area contributed by atoms with Crippen LogP contribution in [-0.4, -0.2) is 46.3 Å². The Bertz CT molecular complexity index is 1470. The number of carbonyl (C=O) groups excluding carboxylic acids is 2. The van der Waals surface area contributed by atoms with E-state index in [9.17, 15) is 19.5 Å². The van der Waals surface area contributed by atoms with Gasteiger partial charge in [0.05, 0.1) is 35.2 Å². The van der Waals surface area contributed by atoms with E-state index < -0.39 is 25.1 Å². The van der Waals surface area contributed by atoms with Gasteiger partial charge in [0, 0.05) is 23.4 Å². The number of pyridine rings is 2. The molecule has 36 heavy (non-hydrogen) atoms. The molecule has 10 heteroatoms. The number of hydrogen-bond acceptors (Lipinski definition) is 8. The number of carbonyl (C=O) groups is 2. The summed E-state index contributed by atoms with van der Waals surface area (Å²) in [6.07, 6.45) is 0.406. The van der Waals surface area contributed by atoms with Crippen molar-refractivity contribution in [3.05, 3.63) is 63.4 Å². The molecular formula is C26H28N2O6SSi. The summed E-state index contributed by atoms with van der Waals surface area (Å²) in [5.41, 5.74) is 0.531. The molecule has 2 atom stereocenters. The van der Waals surface area contributed by atoms with Gasteiger partial charge in [-0.1, -0.05) is 38.2 Å². The Morgan fingerprint density at radius 1 is 1.31 bits per heavy atom. The van der Waals surface area contributed by atoms with Crippen LogP contribution in [0.15, 0.2) is 41.2 Å². The molecule has 2 aliphatic heterocycles. The molecule has 0 amide bonds. The SMILES string of the molecule is CC[C@@]1(O)C(=O)OC(SC[Si](C)(C)COC(C)=O)c2c1cc1n(c2=O)Cc2cc3ccccc3nc2-1. The monoisotopic (exact) mass is 524 g/mol. The fraction of sp³-hybridized carbons (Fsp3) is 0.385. The van der Waals surface area contributed by atoms with Crippen LogP contribution in [0.2, 0.25) is 13.1 Å². The molecule has 2 aromatic heterocycles. The molecule has 1 unspecified atom stereocenters. The maximum Gasteiger partial charge on any atom is 0.344 e. The summed E-state index contributed by atoms with van der Waals surface area (Å²) in [6.45, 7) is 7.56. The molecule has 0 radical (unpaired) electrons. The first-order chi connectivity index (χ1) is 17.0. The predicted octanol–water partition coefficient (Wildman–Crippen LogP) is 3.66. The van der Waals surface area contributed by atoms with Gasteiger partial charge in [-0.3, -0.25) is 9.59 Å². The van der Waals surface area contributed by atoms with E-state index in [1.807, 2.05) is 30.3 Å². The number of para-hydroxylation sites is 1. The molecular weight excluding hydrogens is 496 g/mol. The third-order valence-corrected chi connectivity index (χ3v) is 12.1. The average Bonchev–Trinajstić information content (AvgIpc) is 3.20. The summed E-state index contributed by atoms with van der Waals surface area (Å²) in [5.74, 6) is -1.10. The van der Waals surface area contributed by atoms with Crippen molar-refractivity contribution in [2.24, 2.45) is 0 Å². The molecule has 0 saturated heterocycles. The predicted molar refractivity (Wildman–Crippen MR) is 140 cm³/mol. The second-order valence-electron chi connectivity index (χ2n) is 10.1. The van der Waals surface area contributed by atoms with Gasteiger partial charge >= 0.3 is 11.9 Å². The Morgan fingerprint density at radius 3 is 2.78 bits per heavy atom. The zero-order chi connectivity index (χ0) is 25.8. The summed E-state index contributed by atoms with van der Waals surface area (Å²) in [5, 5.41) is 12.9. The topological polar surface area (TPSA) is 108 Å². The number of hydrogen-bond donors (Lipinski definition) is 1. The number of ether oxygens (including phenoxy) is 2. The van der Waals surface area contributed by atoms with E-state index in [0.29, 0.717) is 35.1 Å². The Labute approximate surface area is 213 Å². The van der Waals surface area contributed by atoms with E-state index in [1.54, 1.807) is 17.6 Å². The second-order valence-corrected chi connectivity index (χ2v) is 16.7. The maximum atomic E-state index is 13.9. The molecule has 4 heterocycles. The standard InChI is InChI=1S/C26H28N2O6SSi/c1-5-26(32)18-11-20-22-17(10-16-8-6-7-9-19(16)27-22)12-28(20)23(30)21(18)24(34-25(26)31)35-14-36(3,4)13-33-15(2)29/h6-11,24,32H,5,12-14H2,1-4H3/t24?,26-/m0/s1. The minimum absolute atomic E-state index is 0.0732. The third kappa shape index (κ3) is 4.06. The van der Waals surface area contributed by atoms with Crippen LogP contribution < -0.4 is 5.56 Å². The number of cyclic esters (lactones) is 1. The van der Waals surface area contributed by atoms with Crippen LogP contribution in [0.5, 0.6) is 0 Å². The van der Waals surface area contributed by atoms with E-state index in [2.05, 4.69) is 13.1 Å². The highest BCUT2D eigenvalue weighted by atomic mass is 32.2. The van der Waals surface area contributed by atoms with Crippen LogP contribution in [0.4, 0.5) is 0 Å². The fourth-order valence-corrected chi connectivity index (χ4v) is 8.60. The molecule has 1 aromatic carbocycles.